The minimum absolute atomic E-state index is 0.00314. The summed E-state index contributed by atoms with van der Waals surface area (Å²) in [5.74, 6) is 1.47. The van der Waals surface area contributed by atoms with E-state index < -0.39 is 0 Å². The third-order valence-corrected chi connectivity index (χ3v) is 5.15. The van der Waals surface area contributed by atoms with E-state index in [-0.39, 0.29) is 5.91 Å². The van der Waals surface area contributed by atoms with Gasteiger partial charge in [-0.25, -0.2) is 0 Å². The van der Waals surface area contributed by atoms with Gasteiger partial charge in [0.15, 0.2) is 11.5 Å². The maximum atomic E-state index is 12.1. The van der Waals surface area contributed by atoms with Gasteiger partial charge in [-0.2, -0.15) is 0 Å². The first-order valence-corrected chi connectivity index (χ1v) is 9.93. The van der Waals surface area contributed by atoms with Crippen LogP contribution in [0.4, 0.5) is 11.4 Å². The lowest BCUT2D eigenvalue weighted by molar-refractivity contribution is -0.115. The van der Waals surface area contributed by atoms with Crippen LogP contribution in [0.5, 0.6) is 11.5 Å². The lowest BCUT2D eigenvalue weighted by atomic mass is 10.1. The molecule has 0 radical (unpaired) electrons. The van der Waals surface area contributed by atoms with Crippen molar-refractivity contribution >= 4 is 28.6 Å². The summed E-state index contributed by atoms with van der Waals surface area (Å²) in [4.78, 5) is 13.1. The van der Waals surface area contributed by atoms with E-state index in [0.717, 1.165) is 40.7 Å². The summed E-state index contributed by atoms with van der Waals surface area (Å²) < 4.78 is 10.6. The summed E-state index contributed by atoms with van der Waals surface area (Å²) in [6.07, 6.45) is 1.27. The van der Waals surface area contributed by atoms with Crippen molar-refractivity contribution in [1.29, 1.82) is 0 Å². The van der Waals surface area contributed by atoms with Gasteiger partial charge in [-0.15, -0.1) is 11.3 Å². The number of methoxy groups -OCH3 is 2. The third-order valence-electron chi connectivity index (χ3n) is 4.27. The Bertz CT molecular complexity index is 893. The Morgan fingerprint density at radius 3 is 2.39 bits per heavy atom. The van der Waals surface area contributed by atoms with E-state index in [2.05, 4.69) is 10.6 Å². The average Bonchev–Trinajstić information content (AvgIpc) is 3.22. The normalized spacial score (nSPS) is 10.4. The molecule has 3 rings (SSSR count). The van der Waals surface area contributed by atoms with Crippen LogP contribution in [0.3, 0.4) is 0 Å². The predicted octanol–water partition coefficient (Wildman–Crippen LogP) is 4.60. The Balaban J connectivity index is 1.47. The van der Waals surface area contributed by atoms with Crippen molar-refractivity contribution < 1.29 is 14.3 Å². The van der Waals surface area contributed by atoms with Crippen LogP contribution in [-0.2, 0) is 17.6 Å². The van der Waals surface area contributed by atoms with Gasteiger partial charge >= 0.3 is 0 Å². The fourth-order valence-electron chi connectivity index (χ4n) is 2.84. The smallest absolute Gasteiger partial charge is 0.229 e. The van der Waals surface area contributed by atoms with Crippen LogP contribution in [0.25, 0.3) is 0 Å². The Morgan fingerprint density at radius 2 is 1.71 bits per heavy atom. The van der Waals surface area contributed by atoms with Crippen molar-refractivity contribution in [2.24, 2.45) is 0 Å². The van der Waals surface area contributed by atoms with Crippen molar-refractivity contribution in [3.05, 3.63) is 70.4 Å². The number of benzene rings is 2. The Labute approximate surface area is 169 Å². The summed E-state index contributed by atoms with van der Waals surface area (Å²) in [5, 5.41) is 8.30. The first-order chi connectivity index (χ1) is 13.7. The Kier molecular flexibility index (Phi) is 6.92. The molecule has 5 nitrogen and oxygen atoms in total. The van der Waals surface area contributed by atoms with Crippen LogP contribution in [0, 0.1) is 0 Å². The monoisotopic (exact) mass is 396 g/mol. The van der Waals surface area contributed by atoms with Crippen molar-refractivity contribution in [2.75, 3.05) is 31.4 Å². The predicted molar refractivity (Wildman–Crippen MR) is 115 cm³/mol. The fraction of sp³-hybridized carbons (Fsp3) is 0.227. The van der Waals surface area contributed by atoms with Crippen LogP contribution in [0.15, 0.2) is 60.0 Å². The highest BCUT2D eigenvalue weighted by molar-refractivity contribution is 7.10. The number of rotatable bonds is 9. The molecule has 2 N–H and O–H groups in total. The van der Waals surface area contributed by atoms with Crippen LogP contribution < -0.4 is 20.1 Å². The molecular weight excluding hydrogens is 372 g/mol. The van der Waals surface area contributed by atoms with Crippen molar-refractivity contribution in [3.8, 4) is 11.5 Å². The van der Waals surface area contributed by atoms with E-state index in [4.69, 9.17) is 9.47 Å². The van der Waals surface area contributed by atoms with Gasteiger partial charge < -0.3 is 20.1 Å². The number of nitrogens with one attached hydrogen (secondary N) is 2. The highest BCUT2D eigenvalue weighted by atomic mass is 32.1. The number of carbonyl (C=O) groups is 1. The Morgan fingerprint density at radius 1 is 0.964 bits per heavy atom. The maximum Gasteiger partial charge on any atom is 0.229 e. The van der Waals surface area contributed by atoms with E-state index >= 15 is 0 Å². The SMILES string of the molecule is COc1ccc(CCNc2ccc(NC(=O)Cc3cccs3)cc2)cc1OC. The number of anilines is 2. The summed E-state index contributed by atoms with van der Waals surface area (Å²) in [7, 11) is 3.27. The van der Waals surface area contributed by atoms with E-state index in [0.29, 0.717) is 6.42 Å². The van der Waals surface area contributed by atoms with E-state index in [1.807, 2.05) is 60.0 Å². The van der Waals surface area contributed by atoms with Crippen molar-refractivity contribution in [3.63, 3.8) is 0 Å². The minimum atomic E-state index is -0.00314. The van der Waals surface area contributed by atoms with E-state index in [1.54, 1.807) is 25.6 Å². The molecule has 0 saturated heterocycles. The van der Waals surface area contributed by atoms with Crippen LogP contribution in [-0.4, -0.2) is 26.7 Å². The maximum absolute atomic E-state index is 12.1. The third kappa shape index (κ3) is 5.50. The zero-order valence-electron chi connectivity index (χ0n) is 16.0. The quantitative estimate of drug-likeness (QED) is 0.555. The second kappa shape index (κ2) is 9.80. The minimum Gasteiger partial charge on any atom is -0.493 e. The fourth-order valence-corrected chi connectivity index (χ4v) is 3.54. The molecule has 0 saturated carbocycles. The molecule has 0 atom stereocenters. The zero-order valence-corrected chi connectivity index (χ0v) is 16.8. The molecule has 146 valence electrons. The lowest BCUT2D eigenvalue weighted by Crippen LogP contribution is -2.13. The molecule has 0 spiro atoms. The van der Waals surface area contributed by atoms with Gasteiger partial charge in [0.1, 0.15) is 0 Å². The molecule has 0 fully saturated rings. The van der Waals surface area contributed by atoms with Gasteiger partial charge in [0.25, 0.3) is 0 Å². The first-order valence-electron chi connectivity index (χ1n) is 9.05. The first kappa shape index (κ1) is 19.8. The molecule has 0 aliphatic rings. The molecule has 2 aromatic carbocycles. The van der Waals surface area contributed by atoms with Gasteiger partial charge in [-0.05, 0) is 59.8 Å². The van der Waals surface area contributed by atoms with Crippen molar-refractivity contribution in [1.82, 2.24) is 0 Å². The number of carbonyl (C=O) groups excluding carboxylic acids is 1. The van der Waals surface area contributed by atoms with Gasteiger partial charge in [0, 0.05) is 22.8 Å². The number of amides is 1. The average molecular weight is 397 g/mol. The highest BCUT2D eigenvalue weighted by Gasteiger charge is 2.06. The molecule has 1 aromatic heterocycles. The van der Waals surface area contributed by atoms with E-state index in [1.165, 1.54) is 5.56 Å². The molecular formula is C22H24N2O3S. The number of hydrogen-bond donors (Lipinski definition) is 2. The van der Waals surface area contributed by atoms with Crippen LogP contribution >= 0.6 is 11.3 Å². The molecule has 1 amide bonds. The van der Waals surface area contributed by atoms with Crippen molar-refractivity contribution in [2.45, 2.75) is 12.8 Å². The van der Waals surface area contributed by atoms with Crippen LogP contribution in [0.1, 0.15) is 10.4 Å². The zero-order chi connectivity index (χ0) is 19.8. The summed E-state index contributed by atoms with van der Waals surface area (Å²) in [5.41, 5.74) is 2.98. The Hall–Kier alpha value is -2.99. The molecule has 0 aliphatic heterocycles. The molecule has 0 bridgehead atoms. The standard InChI is InChI=1S/C22H24N2O3S/c1-26-20-10-5-16(14-21(20)27-2)11-12-23-17-6-8-18(9-7-17)24-22(25)15-19-4-3-13-28-19/h3-10,13-14,23H,11-12,15H2,1-2H3,(H,24,25). The topological polar surface area (TPSA) is 59.6 Å². The number of hydrogen-bond acceptors (Lipinski definition) is 5. The van der Waals surface area contributed by atoms with Gasteiger partial charge in [-0.1, -0.05) is 12.1 Å². The number of thiophene rings is 1. The summed E-state index contributed by atoms with van der Waals surface area (Å²) in [6.45, 7) is 0.791. The molecule has 6 heteroatoms. The highest BCUT2D eigenvalue weighted by Crippen LogP contribution is 2.27. The molecule has 0 aliphatic carbocycles. The van der Waals surface area contributed by atoms with Gasteiger partial charge in [0.05, 0.1) is 20.6 Å². The lowest BCUT2D eigenvalue weighted by Gasteiger charge is -2.11. The molecule has 28 heavy (non-hydrogen) atoms. The molecule has 3 aromatic rings. The molecule has 0 unspecified atom stereocenters. The van der Waals surface area contributed by atoms with E-state index in [9.17, 15) is 4.79 Å². The largest absolute Gasteiger partial charge is 0.493 e. The summed E-state index contributed by atoms with van der Waals surface area (Å²) >= 11 is 1.59. The second-order valence-electron chi connectivity index (χ2n) is 6.25. The molecule has 1 heterocycles. The van der Waals surface area contributed by atoms with Gasteiger partial charge in [-0.3, -0.25) is 4.79 Å². The number of ether oxygens (including phenoxy) is 2. The second-order valence-corrected chi connectivity index (χ2v) is 7.28. The summed E-state index contributed by atoms with van der Waals surface area (Å²) in [6, 6.07) is 17.6. The van der Waals surface area contributed by atoms with Crippen LogP contribution in [0.2, 0.25) is 0 Å². The van der Waals surface area contributed by atoms with Gasteiger partial charge in [0.2, 0.25) is 5.91 Å².